The number of halogens is 2. The van der Waals surface area contributed by atoms with Gasteiger partial charge < -0.3 is 16.0 Å². The van der Waals surface area contributed by atoms with Crippen molar-refractivity contribution >= 4 is 45.7 Å². The minimum absolute atomic E-state index is 0.0154. The summed E-state index contributed by atoms with van der Waals surface area (Å²) in [6, 6.07) is 13.0. The van der Waals surface area contributed by atoms with Crippen LogP contribution in [-0.4, -0.2) is 27.3 Å². The molecule has 36 heavy (non-hydrogen) atoms. The van der Waals surface area contributed by atoms with E-state index in [0.717, 1.165) is 10.6 Å². The van der Waals surface area contributed by atoms with Crippen molar-refractivity contribution in [1.82, 2.24) is 9.55 Å². The van der Waals surface area contributed by atoms with Crippen LogP contribution in [0.25, 0.3) is 10.9 Å². The molecule has 0 saturated carbocycles. The number of hydrogen-bond acceptors (Lipinski definition) is 5. The molecule has 3 amide bonds. The highest BCUT2D eigenvalue weighted by Crippen LogP contribution is 2.18. The lowest BCUT2D eigenvalue weighted by atomic mass is 10.1. The Bertz CT molecular complexity index is 1570. The van der Waals surface area contributed by atoms with Crippen molar-refractivity contribution in [3.63, 3.8) is 0 Å². The first-order valence-electron chi connectivity index (χ1n) is 10.6. The van der Waals surface area contributed by atoms with Crippen molar-refractivity contribution in [2.45, 2.75) is 13.5 Å². The van der Waals surface area contributed by atoms with Crippen LogP contribution < -0.4 is 21.5 Å². The van der Waals surface area contributed by atoms with Gasteiger partial charge in [-0.2, -0.15) is 0 Å². The zero-order valence-corrected chi connectivity index (χ0v) is 18.8. The van der Waals surface area contributed by atoms with Gasteiger partial charge in [-0.1, -0.05) is 12.1 Å². The smallest absolute Gasteiger partial charge is 0.322 e. The number of urea groups is 1. The fraction of sp³-hybridized carbons (Fsp3) is 0.0800. The van der Waals surface area contributed by atoms with Crippen LogP contribution in [0.5, 0.6) is 0 Å². The number of anilines is 3. The van der Waals surface area contributed by atoms with Crippen LogP contribution in [0.4, 0.5) is 30.6 Å². The van der Waals surface area contributed by atoms with Crippen molar-refractivity contribution in [2.75, 3.05) is 16.0 Å². The molecule has 0 unspecified atom stereocenters. The van der Waals surface area contributed by atoms with Gasteiger partial charge in [0, 0.05) is 11.4 Å². The van der Waals surface area contributed by atoms with Gasteiger partial charge in [-0.25, -0.2) is 18.6 Å². The van der Waals surface area contributed by atoms with Gasteiger partial charge in [0.15, 0.2) is 5.78 Å². The van der Waals surface area contributed by atoms with Gasteiger partial charge in [0.25, 0.3) is 5.56 Å². The van der Waals surface area contributed by atoms with Gasteiger partial charge in [0.1, 0.15) is 18.2 Å². The van der Waals surface area contributed by atoms with Crippen molar-refractivity contribution in [3.8, 4) is 0 Å². The standard InChI is InChI=1S/C25H19F2N5O4/c1-14(33)17-10-15(6-8-19(17)26)29-25(36)30-16-7-9-21-18(11-16)24(35)32(13-28-21)12-23(34)31-22-5-3-2-4-20(22)27/h2-11,13H,12H2,1H3,(H,31,34)(H2,29,30,36). The van der Waals surface area contributed by atoms with E-state index in [1.54, 1.807) is 6.07 Å². The lowest BCUT2D eigenvalue weighted by molar-refractivity contribution is -0.116. The van der Waals surface area contributed by atoms with Crippen molar-refractivity contribution in [3.05, 3.63) is 94.5 Å². The molecule has 3 aromatic carbocycles. The molecule has 0 fully saturated rings. The van der Waals surface area contributed by atoms with Crippen LogP contribution in [0.2, 0.25) is 0 Å². The Kier molecular flexibility index (Phi) is 6.81. The number of rotatable bonds is 6. The number of hydrogen-bond donors (Lipinski definition) is 3. The Morgan fingerprint density at radius 2 is 1.58 bits per heavy atom. The molecule has 0 atom stereocenters. The monoisotopic (exact) mass is 491 g/mol. The predicted octanol–water partition coefficient (Wildman–Crippen LogP) is 4.16. The lowest BCUT2D eigenvalue weighted by Crippen LogP contribution is -2.28. The average molecular weight is 491 g/mol. The summed E-state index contributed by atoms with van der Waals surface area (Å²) in [5, 5.41) is 7.57. The Morgan fingerprint density at radius 3 is 2.31 bits per heavy atom. The molecule has 0 saturated heterocycles. The molecular weight excluding hydrogens is 472 g/mol. The molecule has 0 aliphatic rings. The summed E-state index contributed by atoms with van der Waals surface area (Å²) in [6.45, 7) is 0.805. The maximum Gasteiger partial charge on any atom is 0.323 e. The van der Waals surface area contributed by atoms with Gasteiger partial charge in [-0.15, -0.1) is 0 Å². The largest absolute Gasteiger partial charge is 0.323 e. The van der Waals surface area contributed by atoms with E-state index in [0.29, 0.717) is 5.52 Å². The van der Waals surface area contributed by atoms with E-state index >= 15 is 0 Å². The van der Waals surface area contributed by atoms with Crippen LogP contribution in [0.1, 0.15) is 17.3 Å². The van der Waals surface area contributed by atoms with E-state index in [2.05, 4.69) is 20.9 Å². The number of benzene rings is 3. The minimum Gasteiger partial charge on any atom is -0.322 e. The van der Waals surface area contributed by atoms with E-state index in [1.807, 2.05) is 0 Å². The summed E-state index contributed by atoms with van der Waals surface area (Å²) in [5.74, 6) is -2.42. The molecule has 3 N–H and O–H groups in total. The van der Waals surface area contributed by atoms with Crippen LogP contribution in [0.3, 0.4) is 0 Å². The summed E-state index contributed by atoms with van der Waals surface area (Å²) in [5.41, 5.74) is 0.0624. The van der Waals surface area contributed by atoms with Crippen molar-refractivity contribution in [2.24, 2.45) is 0 Å². The molecule has 4 rings (SSSR count). The third-order valence-electron chi connectivity index (χ3n) is 5.15. The fourth-order valence-electron chi connectivity index (χ4n) is 3.42. The molecule has 0 aliphatic carbocycles. The summed E-state index contributed by atoms with van der Waals surface area (Å²) < 4.78 is 28.5. The van der Waals surface area contributed by atoms with Crippen molar-refractivity contribution in [1.29, 1.82) is 0 Å². The van der Waals surface area contributed by atoms with Crippen LogP contribution in [-0.2, 0) is 11.3 Å². The summed E-state index contributed by atoms with van der Waals surface area (Å²) in [6.07, 6.45) is 1.20. The zero-order valence-electron chi connectivity index (χ0n) is 18.8. The molecular formula is C25H19F2N5O4. The molecule has 1 heterocycles. The summed E-state index contributed by atoms with van der Waals surface area (Å²) >= 11 is 0. The zero-order chi connectivity index (χ0) is 25.8. The predicted molar refractivity (Wildman–Crippen MR) is 130 cm³/mol. The Morgan fingerprint density at radius 1 is 0.889 bits per heavy atom. The molecule has 0 aliphatic heterocycles. The second-order valence-electron chi connectivity index (χ2n) is 7.77. The number of fused-ring (bicyclic) bond motifs is 1. The normalized spacial score (nSPS) is 10.6. The third-order valence-corrected chi connectivity index (χ3v) is 5.15. The SMILES string of the molecule is CC(=O)c1cc(NC(=O)Nc2ccc3ncn(CC(=O)Nc4ccccc4F)c(=O)c3c2)ccc1F. The maximum atomic E-state index is 13.8. The number of para-hydroxylation sites is 1. The number of carbonyl (C=O) groups excluding carboxylic acids is 3. The highest BCUT2D eigenvalue weighted by atomic mass is 19.1. The second kappa shape index (κ2) is 10.1. The molecule has 9 nitrogen and oxygen atoms in total. The second-order valence-corrected chi connectivity index (χ2v) is 7.77. The number of carbonyl (C=O) groups is 3. The summed E-state index contributed by atoms with van der Waals surface area (Å²) in [4.78, 5) is 53.3. The van der Waals surface area contributed by atoms with E-state index in [-0.39, 0.29) is 28.0 Å². The molecule has 1 aromatic heterocycles. The Balaban J connectivity index is 1.50. The van der Waals surface area contributed by atoms with E-state index < -0.39 is 41.5 Å². The molecule has 0 spiro atoms. The number of Topliss-reactive ketones (excluding diaryl/α,β-unsaturated/α-hetero) is 1. The molecule has 11 heteroatoms. The van der Waals surface area contributed by atoms with Gasteiger partial charge in [0.05, 0.1) is 28.5 Å². The van der Waals surface area contributed by atoms with E-state index in [1.165, 1.54) is 61.8 Å². The topological polar surface area (TPSA) is 122 Å². The first-order chi connectivity index (χ1) is 17.2. The molecule has 4 aromatic rings. The Hall–Kier alpha value is -4.93. The number of nitrogens with zero attached hydrogens (tertiary/aromatic N) is 2. The minimum atomic E-state index is -0.700. The highest BCUT2D eigenvalue weighted by Gasteiger charge is 2.13. The lowest BCUT2D eigenvalue weighted by Gasteiger charge is -2.11. The quantitative estimate of drug-likeness (QED) is 0.350. The van der Waals surface area contributed by atoms with E-state index in [9.17, 15) is 28.0 Å². The number of amides is 3. The van der Waals surface area contributed by atoms with Gasteiger partial charge in [-0.3, -0.25) is 19.0 Å². The number of ketones is 1. The molecule has 0 bridgehead atoms. The Labute approximate surface area is 202 Å². The fourth-order valence-corrected chi connectivity index (χ4v) is 3.42. The van der Waals surface area contributed by atoms with Crippen LogP contribution in [0, 0.1) is 11.6 Å². The highest BCUT2D eigenvalue weighted by molar-refractivity contribution is 6.02. The first-order valence-corrected chi connectivity index (χ1v) is 10.6. The van der Waals surface area contributed by atoms with E-state index in [4.69, 9.17) is 0 Å². The maximum absolute atomic E-state index is 13.8. The van der Waals surface area contributed by atoms with Crippen molar-refractivity contribution < 1.29 is 23.2 Å². The van der Waals surface area contributed by atoms with Gasteiger partial charge in [0.2, 0.25) is 5.91 Å². The van der Waals surface area contributed by atoms with Crippen LogP contribution >= 0.6 is 0 Å². The van der Waals surface area contributed by atoms with Gasteiger partial charge in [-0.05, 0) is 55.5 Å². The summed E-state index contributed by atoms with van der Waals surface area (Å²) in [7, 11) is 0. The van der Waals surface area contributed by atoms with Gasteiger partial charge >= 0.3 is 6.03 Å². The molecule has 0 radical (unpaired) electrons. The third kappa shape index (κ3) is 5.41. The average Bonchev–Trinajstić information content (AvgIpc) is 2.83. The first kappa shape index (κ1) is 24.2. The molecule has 182 valence electrons. The number of nitrogens with one attached hydrogen (secondary N) is 3. The van der Waals surface area contributed by atoms with Crippen LogP contribution in [0.15, 0.2) is 71.8 Å². The number of aromatic nitrogens is 2.